The Labute approximate surface area is 154 Å². The number of hydrogen-bond acceptors (Lipinski definition) is 3. The second-order valence-corrected chi connectivity index (χ2v) is 6.96. The van der Waals surface area contributed by atoms with E-state index in [-0.39, 0.29) is 11.9 Å². The molecule has 1 unspecified atom stereocenters. The second-order valence-electron chi connectivity index (χ2n) is 6.55. The summed E-state index contributed by atoms with van der Waals surface area (Å²) < 4.78 is 0. The summed E-state index contributed by atoms with van der Waals surface area (Å²) in [5.41, 5.74) is 2.53. The molecule has 1 N–H and O–H groups in total. The maximum absolute atomic E-state index is 13.2. The summed E-state index contributed by atoms with van der Waals surface area (Å²) in [5, 5.41) is 4.05. The van der Waals surface area contributed by atoms with Crippen LogP contribution in [0.4, 0.5) is 0 Å². The van der Waals surface area contributed by atoms with Crippen LogP contribution in [0.15, 0.2) is 42.6 Å². The van der Waals surface area contributed by atoms with Crippen molar-refractivity contribution in [3.63, 3.8) is 0 Å². The van der Waals surface area contributed by atoms with Gasteiger partial charge in [0.15, 0.2) is 0 Å². The van der Waals surface area contributed by atoms with Gasteiger partial charge in [-0.25, -0.2) is 0 Å². The number of nitrogens with zero attached hydrogens (tertiary/aromatic N) is 2. The molecule has 1 aliphatic heterocycles. The number of aromatic nitrogens is 1. The van der Waals surface area contributed by atoms with Crippen molar-refractivity contribution in [3.8, 4) is 0 Å². The van der Waals surface area contributed by atoms with Crippen LogP contribution in [-0.4, -0.2) is 34.9 Å². The Morgan fingerprint density at radius 2 is 2.16 bits per heavy atom. The van der Waals surface area contributed by atoms with E-state index in [1.165, 1.54) is 0 Å². The third kappa shape index (κ3) is 4.59. The summed E-state index contributed by atoms with van der Waals surface area (Å²) in [7, 11) is 0. The number of halogens is 1. The third-order valence-corrected chi connectivity index (χ3v) is 5.13. The molecule has 4 nitrogen and oxygen atoms in total. The summed E-state index contributed by atoms with van der Waals surface area (Å²) in [6, 6.07) is 11.6. The molecule has 2 aromatic rings. The number of hydrogen-bond donors (Lipinski definition) is 1. The fraction of sp³-hybridized carbons (Fsp3) is 0.400. The highest BCUT2D eigenvalue weighted by Crippen LogP contribution is 2.22. The summed E-state index contributed by atoms with van der Waals surface area (Å²) in [5.74, 6) is 0.0273. The lowest BCUT2D eigenvalue weighted by Crippen LogP contribution is -2.40. The molecule has 1 atom stereocenters. The van der Waals surface area contributed by atoms with E-state index in [2.05, 4.69) is 10.3 Å². The van der Waals surface area contributed by atoms with Crippen LogP contribution in [-0.2, 0) is 6.54 Å². The molecule has 0 saturated carbocycles. The molecule has 1 amide bonds. The molecule has 0 aliphatic carbocycles. The fourth-order valence-corrected chi connectivity index (χ4v) is 3.42. The monoisotopic (exact) mass is 357 g/mol. The van der Waals surface area contributed by atoms with E-state index in [4.69, 9.17) is 11.6 Å². The van der Waals surface area contributed by atoms with E-state index < -0.39 is 0 Å². The van der Waals surface area contributed by atoms with E-state index in [0.717, 1.165) is 43.6 Å². The highest BCUT2D eigenvalue weighted by molar-refractivity contribution is 6.31. The van der Waals surface area contributed by atoms with Crippen LogP contribution < -0.4 is 5.32 Å². The first-order chi connectivity index (χ1) is 12.1. The minimum absolute atomic E-state index is 0.0273. The van der Waals surface area contributed by atoms with Gasteiger partial charge in [0.05, 0.1) is 12.2 Å². The Balaban J connectivity index is 1.88. The Morgan fingerprint density at radius 1 is 1.28 bits per heavy atom. The maximum Gasteiger partial charge on any atom is 0.254 e. The lowest BCUT2D eigenvalue weighted by Gasteiger charge is -2.31. The van der Waals surface area contributed by atoms with Crippen LogP contribution in [0.3, 0.4) is 0 Å². The van der Waals surface area contributed by atoms with Crippen LogP contribution in [0, 0.1) is 6.92 Å². The highest BCUT2D eigenvalue weighted by atomic mass is 35.5. The molecule has 2 heterocycles. The van der Waals surface area contributed by atoms with Gasteiger partial charge in [-0.3, -0.25) is 9.78 Å². The molecule has 1 aromatic carbocycles. The number of pyridine rings is 1. The number of carbonyl (C=O) groups is 1. The Kier molecular flexibility index (Phi) is 6.05. The predicted molar refractivity (Wildman–Crippen MR) is 101 cm³/mol. The molecule has 3 rings (SSSR count). The van der Waals surface area contributed by atoms with Gasteiger partial charge < -0.3 is 10.2 Å². The fourth-order valence-electron chi connectivity index (χ4n) is 3.24. The minimum Gasteiger partial charge on any atom is -0.330 e. The van der Waals surface area contributed by atoms with Gasteiger partial charge in [-0.2, -0.15) is 0 Å². The van der Waals surface area contributed by atoms with Crippen molar-refractivity contribution in [2.45, 2.75) is 38.8 Å². The van der Waals surface area contributed by atoms with Crippen molar-refractivity contribution >= 4 is 17.5 Å². The summed E-state index contributed by atoms with van der Waals surface area (Å²) in [4.78, 5) is 19.6. The Hall–Kier alpha value is -1.91. The highest BCUT2D eigenvalue weighted by Gasteiger charge is 2.26. The number of amides is 1. The SMILES string of the molecule is Cc1ccc(C(=O)N(Cc2ccccn2)C2CCCNCC2)cc1Cl. The average Bonchev–Trinajstić information content (AvgIpc) is 2.91. The van der Waals surface area contributed by atoms with Crippen molar-refractivity contribution in [2.24, 2.45) is 0 Å². The zero-order chi connectivity index (χ0) is 17.6. The largest absolute Gasteiger partial charge is 0.330 e. The number of carbonyl (C=O) groups excluding carboxylic acids is 1. The molecule has 1 saturated heterocycles. The van der Waals surface area contributed by atoms with Gasteiger partial charge >= 0.3 is 0 Å². The quantitative estimate of drug-likeness (QED) is 0.904. The first kappa shape index (κ1) is 17.9. The normalized spacial score (nSPS) is 17.8. The minimum atomic E-state index is 0.0273. The molecule has 0 spiro atoms. The van der Waals surface area contributed by atoms with Crippen molar-refractivity contribution in [3.05, 3.63) is 64.4 Å². The molecule has 0 radical (unpaired) electrons. The van der Waals surface area contributed by atoms with Gasteiger partial charge in [-0.05, 0) is 69.1 Å². The van der Waals surface area contributed by atoms with E-state index in [1.807, 2.05) is 42.2 Å². The van der Waals surface area contributed by atoms with E-state index in [9.17, 15) is 4.79 Å². The maximum atomic E-state index is 13.2. The first-order valence-corrected chi connectivity index (χ1v) is 9.20. The molecular weight excluding hydrogens is 334 g/mol. The van der Waals surface area contributed by atoms with Gasteiger partial charge in [0.2, 0.25) is 0 Å². The molecule has 0 bridgehead atoms. The van der Waals surface area contributed by atoms with Crippen LogP contribution in [0.5, 0.6) is 0 Å². The number of nitrogens with one attached hydrogen (secondary N) is 1. The van der Waals surface area contributed by atoms with Gasteiger partial charge in [0.1, 0.15) is 0 Å². The molecule has 5 heteroatoms. The Morgan fingerprint density at radius 3 is 2.92 bits per heavy atom. The van der Waals surface area contributed by atoms with E-state index >= 15 is 0 Å². The van der Waals surface area contributed by atoms with Gasteiger partial charge in [-0.15, -0.1) is 0 Å². The number of aryl methyl sites for hydroxylation is 1. The molecule has 1 aliphatic rings. The molecule has 1 fully saturated rings. The molecule has 25 heavy (non-hydrogen) atoms. The average molecular weight is 358 g/mol. The van der Waals surface area contributed by atoms with Gasteiger partial charge in [0, 0.05) is 22.8 Å². The van der Waals surface area contributed by atoms with Gasteiger partial charge in [0.25, 0.3) is 5.91 Å². The van der Waals surface area contributed by atoms with Crippen LogP contribution in [0.25, 0.3) is 0 Å². The summed E-state index contributed by atoms with van der Waals surface area (Å²) in [6.07, 6.45) is 4.81. The first-order valence-electron chi connectivity index (χ1n) is 8.83. The lowest BCUT2D eigenvalue weighted by atomic mass is 10.0. The third-order valence-electron chi connectivity index (χ3n) is 4.72. The van der Waals surface area contributed by atoms with Crippen molar-refractivity contribution in [1.82, 2.24) is 15.2 Å². The van der Waals surface area contributed by atoms with Crippen molar-refractivity contribution in [1.29, 1.82) is 0 Å². The second kappa shape index (κ2) is 8.45. The van der Waals surface area contributed by atoms with Crippen molar-refractivity contribution < 1.29 is 4.79 Å². The topological polar surface area (TPSA) is 45.2 Å². The summed E-state index contributed by atoms with van der Waals surface area (Å²) >= 11 is 6.24. The lowest BCUT2D eigenvalue weighted by molar-refractivity contribution is 0.0642. The van der Waals surface area contributed by atoms with Crippen molar-refractivity contribution in [2.75, 3.05) is 13.1 Å². The van der Waals surface area contributed by atoms with E-state index in [1.54, 1.807) is 12.3 Å². The zero-order valence-corrected chi connectivity index (χ0v) is 15.3. The predicted octanol–water partition coefficient (Wildman–Crippen LogP) is 3.83. The van der Waals surface area contributed by atoms with E-state index in [0.29, 0.717) is 17.1 Å². The van der Waals surface area contributed by atoms with Crippen LogP contribution in [0.2, 0.25) is 5.02 Å². The standard InChI is InChI=1S/C20H24ClN3O/c1-15-7-8-16(13-19(15)21)20(25)24(14-17-5-2-3-11-23-17)18-6-4-10-22-12-9-18/h2-3,5,7-8,11,13,18,22H,4,6,9-10,12,14H2,1H3. The van der Waals surface area contributed by atoms with Gasteiger partial charge in [-0.1, -0.05) is 23.7 Å². The van der Waals surface area contributed by atoms with Crippen LogP contribution >= 0.6 is 11.6 Å². The smallest absolute Gasteiger partial charge is 0.254 e. The Bertz CT molecular complexity index is 712. The molecule has 1 aromatic heterocycles. The molecular formula is C20H24ClN3O. The number of rotatable bonds is 4. The summed E-state index contributed by atoms with van der Waals surface area (Å²) in [6.45, 7) is 4.42. The number of benzene rings is 1. The van der Waals surface area contributed by atoms with Crippen LogP contribution in [0.1, 0.15) is 40.9 Å². The molecule has 132 valence electrons. The zero-order valence-electron chi connectivity index (χ0n) is 14.5.